The number of carbonyl (C=O) groups excluding carboxylic acids is 1. The molecule has 0 bridgehead atoms. The quantitative estimate of drug-likeness (QED) is 0.888. The van der Waals surface area contributed by atoms with Gasteiger partial charge in [0.25, 0.3) is 0 Å². The summed E-state index contributed by atoms with van der Waals surface area (Å²) in [5, 5.41) is 4.98. The summed E-state index contributed by atoms with van der Waals surface area (Å²) in [7, 11) is 0. The average molecular weight is 324 g/mol. The van der Waals surface area contributed by atoms with Crippen molar-refractivity contribution < 1.29 is 4.79 Å². The lowest BCUT2D eigenvalue weighted by atomic mass is 10.2. The van der Waals surface area contributed by atoms with Crippen molar-refractivity contribution in [1.29, 1.82) is 0 Å². The minimum atomic E-state index is 0.0637. The molecule has 2 aromatic rings. The van der Waals surface area contributed by atoms with Gasteiger partial charge in [-0.15, -0.1) is 11.3 Å². The smallest absolute Gasteiger partial charge is 0.224 e. The van der Waals surface area contributed by atoms with E-state index in [1.54, 1.807) is 11.3 Å². The second-order valence-electron chi connectivity index (χ2n) is 4.09. The predicted molar refractivity (Wildman–Crippen MR) is 80.1 cm³/mol. The molecule has 1 N–H and O–H groups in total. The van der Waals surface area contributed by atoms with Gasteiger partial charge in [0.15, 0.2) is 0 Å². The number of hydrogen-bond donors (Lipinski definition) is 1. The van der Waals surface area contributed by atoms with Crippen LogP contribution in [0.25, 0.3) is 0 Å². The Morgan fingerprint density at radius 1 is 1.39 bits per heavy atom. The van der Waals surface area contributed by atoms with E-state index in [1.165, 1.54) is 4.88 Å². The predicted octanol–water partition coefficient (Wildman–Crippen LogP) is 4.39. The number of benzene rings is 1. The molecular weight excluding hydrogens is 310 g/mol. The Balaban J connectivity index is 1.91. The lowest BCUT2D eigenvalue weighted by molar-refractivity contribution is -0.116. The molecule has 2 rings (SSSR count). The molecule has 0 atom stereocenters. The number of hydrogen-bond acceptors (Lipinski definition) is 2. The summed E-state index contributed by atoms with van der Waals surface area (Å²) in [4.78, 5) is 13.1. The first-order chi connectivity index (χ1) is 8.65. The third kappa shape index (κ3) is 3.68. The molecule has 2 nitrogen and oxygen atoms in total. The summed E-state index contributed by atoms with van der Waals surface area (Å²) in [6.07, 6.45) is 1.33. The third-order valence-electron chi connectivity index (χ3n) is 2.64. The molecule has 0 fully saturated rings. The van der Waals surface area contributed by atoms with Crippen LogP contribution in [0.15, 0.2) is 40.2 Å². The molecular formula is C14H14BrNOS. The van der Waals surface area contributed by atoms with Gasteiger partial charge in [0, 0.05) is 21.5 Å². The van der Waals surface area contributed by atoms with Crippen LogP contribution in [0.2, 0.25) is 0 Å². The van der Waals surface area contributed by atoms with Gasteiger partial charge in [-0.25, -0.2) is 0 Å². The van der Waals surface area contributed by atoms with E-state index in [-0.39, 0.29) is 5.91 Å². The summed E-state index contributed by atoms with van der Waals surface area (Å²) in [6, 6.07) is 9.92. The number of anilines is 1. The summed E-state index contributed by atoms with van der Waals surface area (Å²) in [6.45, 7) is 1.99. The highest BCUT2D eigenvalue weighted by Gasteiger charge is 2.05. The Bertz CT molecular complexity index is 537. The van der Waals surface area contributed by atoms with Crippen LogP contribution in [-0.2, 0) is 11.2 Å². The zero-order valence-corrected chi connectivity index (χ0v) is 12.5. The van der Waals surface area contributed by atoms with Crippen molar-refractivity contribution in [3.8, 4) is 0 Å². The van der Waals surface area contributed by atoms with Crippen LogP contribution in [0.4, 0.5) is 5.69 Å². The first-order valence-corrected chi connectivity index (χ1v) is 7.41. The lowest BCUT2D eigenvalue weighted by Gasteiger charge is -2.08. The van der Waals surface area contributed by atoms with Gasteiger partial charge in [0.05, 0.1) is 0 Å². The molecule has 1 aromatic heterocycles. The van der Waals surface area contributed by atoms with E-state index in [2.05, 4.69) is 27.3 Å². The first kappa shape index (κ1) is 13.3. The Kier molecular flexibility index (Phi) is 4.55. The highest BCUT2D eigenvalue weighted by Crippen LogP contribution is 2.20. The van der Waals surface area contributed by atoms with E-state index < -0.39 is 0 Å². The van der Waals surface area contributed by atoms with Crippen molar-refractivity contribution in [2.75, 3.05) is 5.32 Å². The standard InChI is InChI=1S/C14H14BrNOS/c1-10-9-11(15)4-6-13(10)16-14(17)7-5-12-3-2-8-18-12/h2-4,6,8-9H,5,7H2,1H3,(H,16,17). The van der Waals surface area contributed by atoms with Crippen LogP contribution < -0.4 is 5.32 Å². The number of amides is 1. The van der Waals surface area contributed by atoms with Gasteiger partial charge in [0.1, 0.15) is 0 Å². The molecule has 1 aromatic carbocycles. The maximum Gasteiger partial charge on any atom is 0.224 e. The number of rotatable bonds is 4. The lowest BCUT2D eigenvalue weighted by Crippen LogP contribution is -2.12. The van der Waals surface area contributed by atoms with E-state index in [9.17, 15) is 4.79 Å². The maximum atomic E-state index is 11.8. The van der Waals surface area contributed by atoms with Crippen LogP contribution in [-0.4, -0.2) is 5.91 Å². The normalized spacial score (nSPS) is 10.3. The molecule has 0 aliphatic heterocycles. The second kappa shape index (κ2) is 6.16. The highest BCUT2D eigenvalue weighted by molar-refractivity contribution is 9.10. The van der Waals surface area contributed by atoms with E-state index >= 15 is 0 Å². The van der Waals surface area contributed by atoms with Gasteiger partial charge in [-0.1, -0.05) is 22.0 Å². The minimum absolute atomic E-state index is 0.0637. The monoisotopic (exact) mass is 323 g/mol. The molecule has 0 saturated carbocycles. The fourth-order valence-electron chi connectivity index (χ4n) is 1.67. The largest absolute Gasteiger partial charge is 0.326 e. The number of halogens is 1. The van der Waals surface area contributed by atoms with Crippen molar-refractivity contribution in [3.05, 3.63) is 50.6 Å². The van der Waals surface area contributed by atoms with Crippen LogP contribution in [0.1, 0.15) is 16.9 Å². The van der Waals surface area contributed by atoms with Crippen molar-refractivity contribution in [2.45, 2.75) is 19.8 Å². The molecule has 1 heterocycles. The average Bonchev–Trinajstić information content (AvgIpc) is 2.83. The molecule has 0 unspecified atom stereocenters. The molecule has 4 heteroatoms. The number of aryl methyl sites for hydroxylation is 2. The number of nitrogens with one attached hydrogen (secondary N) is 1. The first-order valence-electron chi connectivity index (χ1n) is 5.73. The van der Waals surface area contributed by atoms with Gasteiger partial charge in [-0.2, -0.15) is 0 Å². The molecule has 94 valence electrons. The van der Waals surface area contributed by atoms with Crippen LogP contribution in [0.3, 0.4) is 0 Å². The fraction of sp³-hybridized carbons (Fsp3) is 0.214. The molecule has 18 heavy (non-hydrogen) atoms. The Labute approximate surface area is 119 Å². The zero-order chi connectivity index (χ0) is 13.0. The van der Waals surface area contributed by atoms with Crippen molar-refractivity contribution in [3.63, 3.8) is 0 Å². The summed E-state index contributed by atoms with van der Waals surface area (Å²) < 4.78 is 1.02. The summed E-state index contributed by atoms with van der Waals surface area (Å²) >= 11 is 5.10. The summed E-state index contributed by atoms with van der Waals surface area (Å²) in [5.74, 6) is 0.0637. The topological polar surface area (TPSA) is 29.1 Å². The zero-order valence-electron chi connectivity index (χ0n) is 10.1. The molecule has 0 spiro atoms. The van der Waals surface area contributed by atoms with Gasteiger partial charge >= 0.3 is 0 Å². The Hall–Kier alpha value is -1.13. The Morgan fingerprint density at radius 3 is 2.89 bits per heavy atom. The molecule has 0 radical (unpaired) electrons. The fourth-order valence-corrected chi connectivity index (χ4v) is 2.86. The van der Waals surface area contributed by atoms with Crippen molar-refractivity contribution in [1.82, 2.24) is 0 Å². The van der Waals surface area contributed by atoms with Gasteiger partial charge in [0.2, 0.25) is 5.91 Å². The minimum Gasteiger partial charge on any atom is -0.326 e. The van der Waals surface area contributed by atoms with Crippen molar-refractivity contribution >= 4 is 38.9 Å². The van der Waals surface area contributed by atoms with E-state index in [0.717, 1.165) is 22.1 Å². The van der Waals surface area contributed by atoms with Crippen LogP contribution in [0.5, 0.6) is 0 Å². The van der Waals surface area contributed by atoms with E-state index in [0.29, 0.717) is 6.42 Å². The molecule has 0 saturated heterocycles. The Morgan fingerprint density at radius 2 is 2.22 bits per heavy atom. The molecule has 0 aliphatic rings. The van der Waals surface area contributed by atoms with E-state index in [1.807, 2.05) is 36.6 Å². The van der Waals surface area contributed by atoms with E-state index in [4.69, 9.17) is 0 Å². The number of thiophene rings is 1. The SMILES string of the molecule is Cc1cc(Br)ccc1NC(=O)CCc1cccs1. The maximum absolute atomic E-state index is 11.8. The van der Waals surface area contributed by atoms with Gasteiger partial charge in [-0.3, -0.25) is 4.79 Å². The number of carbonyl (C=O) groups is 1. The van der Waals surface area contributed by atoms with Crippen LogP contribution in [0, 0.1) is 6.92 Å². The van der Waals surface area contributed by atoms with Gasteiger partial charge in [-0.05, 0) is 48.6 Å². The highest BCUT2D eigenvalue weighted by atomic mass is 79.9. The third-order valence-corrected chi connectivity index (χ3v) is 4.07. The second-order valence-corrected chi connectivity index (χ2v) is 6.03. The van der Waals surface area contributed by atoms with Crippen LogP contribution >= 0.6 is 27.3 Å². The summed E-state index contributed by atoms with van der Waals surface area (Å²) in [5.41, 5.74) is 1.95. The molecule has 0 aliphatic carbocycles. The van der Waals surface area contributed by atoms with Gasteiger partial charge < -0.3 is 5.32 Å². The molecule has 1 amide bonds. The van der Waals surface area contributed by atoms with Crippen molar-refractivity contribution in [2.24, 2.45) is 0 Å².